The van der Waals surface area contributed by atoms with E-state index in [-0.39, 0.29) is 24.0 Å². The van der Waals surface area contributed by atoms with Crippen molar-refractivity contribution in [3.05, 3.63) is 0 Å². The van der Waals surface area contributed by atoms with Crippen LogP contribution in [0.4, 0.5) is 0 Å². The van der Waals surface area contributed by atoms with Gasteiger partial charge in [0.2, 0.25) is 0 Å². The third kappa shape index (κ3) is 1.00. The van der Waals surface area contributed by atoms with Crippen molar-refractivity contribution in [3.63, 3.8) is 0 Å². The van der Waals surface area contributed by atoms with Crippen LogP contribution >= 0.6 is 11.6 Å². The molecule has 0 amide bonds. The van der Waals surface area contributed by atoms with Crippen LogP contribution in [-0.2, 0) is 0 Å². The molecule has 2 aliphatic carbocycles. The first-order valence-corrected chi connectivity index (χ1v) is 4.69. The van der Waals surface area contributed by atoms with E-state index in [2.05, 4.69) is 0 Å². The second-order valence-corrected chi connectivity index (χ2v) is 4.08. The fraction of sp³-hybridized carbons (Fsp3) is 1.00. The Morgan fingerprint density at radius 1 is 1.18 bits per heavy atom. The first-order valence-electron chi connectivity index (χ1n) is 4.16. The third-order valence-electron chi connectivity index (χ3n) is 3.26. The number of hydrogen-bond donors (Lipinski definition) is 2. The molecule has 2 saturated carbocycles. The number of aliphatic hydroxyl groups is 2. The Morgan fingerprint density at radius 2 is 1.91 bits per heavy atom. The minimum Gasteiger partial charge on any atom is -0.393 e. The van der Waals surface area contributed by atoms with Gasteiger partial charge in [0.1, 0.15) is 0 Å². The molecule has 0 spiro atoms. The van der Waals surface area contributed by atoms with E-state index in [1.807, 2.05) is 0 Å². The van der Waals surface area contributed by atoms with Crippen molar-refractivity contribution in [2.75, 3.05) is 5.88 Å². The van der Waals surface area contributed by atoms with Gasteiger partial charge in [0.05, 0.1) is 12.2 Å². The third-order valence-corrected chi connectivity index (χ3v) is 3.66. The van der Waals surface area contributed by atoms with Gasteiger partial charge in [0.15, 0.2) is 0 Å². The van der Waals surface area contributed by atoms with Crippen LogP contribution in [0.2, 0.25) is 0 Å². The van der Waals surface area contributed by atoms with Gasteiger partial charge in [-0.3, -0.25) is 0 Å². The highest BCUT2D eigenvalue weighted by molar-refractivity contribution is 6.18. The van der Waals surface area contributed by atoms with Crippen molar-refractivity contribution in [2.45, 2.75) is 25.0 Å². The van der Waals surface area contributed by atoms with Gasteiger partial charge in [0, 0.05) is 11.8 Å². The zero-order valence-corrected chi connectivity index (χ0v) is 7.04. The second kappa shape index (κ2) is 2.61. The second-order valence-electron chi connectivity index (χ2n) is 3.77. The van der Waals surface area contributed by atoms with Gasteiger partial charge in [-0.25, -0.2) is 0 Å². The first kappa shape index (κ1) is 7.84. The van der Waals surface area contributed by atoms with Crippen molar-refractivity contribution in [1.82, 2.24) is 0 Å². The summed E-state index contributed by atoms with van der Waals surface area (Å²) in [5.41, 5.74) is 0. The Morgan fingerprint density at radius 3 is 2.27 bits per heavy atom. The van der Waals surface area contributed by atoms with Gasteiger partial charge in [-0.2, -0.15) is 0 Å². The lowest BCUT2D eigenvalue weighted by Gasteiger charge is -2.21. The Hall–Kier alpha value is 0.210. The standard InChI is InChI=1S/C8H13ClO2/c9-3-4-1-6-7(10)2-5(4)8(6)11/h4-8,10-11H,1-3H2. The molecule has 3 heteroatoms. The monoisotopic (exact) mass is 176 g/mol. The summed E-state index contributed by atoms with van der Waals surface area (Å²) in [6.07, 6.45) is 1.11. The van der Waals surface area contributed by atoms with Gasteiger partial charge in [0.25, 0.3) is 0 Å². The molecule has 0 heterocycles. The largest absolute Gasteiger partial charge is 0.393 e. The predicted octanol–water partition coefficient (Wildman–Crippen LogP) is 0.603. The minimum atomic E-state index is -0.284. The Bertz CT molecular complexity index is 160. The average molecular weight is 177 g/mol. The number of rotatable bonds is 1. The van der Waals surface area contributed by atoms with Crippen LogP contribution in [0.15, 0.2) is 0 Å². The molecule has 2 fully saturated rings. The van der Waals surface area contributed by atoms with Crippen molar-refractivity contribution in [2.24, 2.45) is 17.8 Å². The predicted molar refractivity (Wildman–Crippen MR) is 42.4 cm³/mol. The lowest BCUT2D eigenvalue weighted by molar-refractivity contribution is 0.0722. The lowest BCUT2D eigenvalue weighted by atomic mass is 9.89. The van der Waals surface area contributed by atoms with Crippen LogP contribution in [0.25, 0.3) is 0 Å². The smallest absolute Gasteiger partial charge is 0.0625 e. The number of aliphatic hydroxyl groups excluding tert-OH is 2. The zero-order chi connectivity index (χ0) is 8.01. The van der Waals surface area contributed by atoms with Gasteiger partial charge in [-0.1, -0.05) is 0 Å². The maximum atomic E-state index is 9.58. The molecular weight excluding hydrogens is 164 g/mol. The molecule has 2 N–H and O–H groups in total. The van der Waals surface area contributed by atoms with Gasteiger partial charge in [-0.05, 0) is 24.7 Å². The lowest BCUT2D eigenvalue weighted by Crippen LogP contribution is -2.22. The normalized spacial score (nSPS) is 55.4. The molecule has 5 unspecified atom stereocenters. The molecule has 0 aromatic heterocycles. The van der Waals surface area contributed by atoms with E-state index in [9.17, 15) is 10.2 Å². The summed E-state index contributed by atoms with van der Waals surface area (Å²) in [5, 5.41) is 19.0. The van der Waals surface area contributed by atoms with Crippen molar-refractivity contribution in [3.8, 4) is 0 Å². The van der Waals surface area contributed by atoms with Crippen molar-refractivity contribution in [1.29, 1.82) is 0 Å². The molecule has 0 radical (unpaired) electrons. The van der Waals surface area contributed by atoms with Gasteiger partial charge < -0.3 is 10.2 Å². The summed E-state index contributed by atoms with van der Waals surface area (Å²) in [4.78, 5) is 0. The van der Waals surface area contributed by atoms with Crippen LogP contribution in [0, 0.1) is 17.8 Å². The molecule has 11 heavy (non-hydrogen) atoms. The zero-order valence-electron chi connectivity index (χ0n) is 6.28. The molecule has 0 aliphatic heterocycles. The molecule has 0 aromatic rings. The van der Waals surface area contributed by atoms with Gasteiger partial charge in [-0.15, -0.1) is 11.6 Å². The molecular formula is C8H13ClO2. The van der Waals surface area contributed by atoms with Crippen molar-refractivity contribution < 1.29 is 10.2 Å². The fourth-order valence-electron chi connectivity index (χ4n) is 2.61. The summed E-state index contributed by atoms with van der Waals surface area (Å²) >= 11 is 5.72. The topological polar surface area (TPSA) is 40.5 Å². The van der Waals surface area contributed by atoms with E-state index in [1.165, 1.54) is 0 Å². The summed E-state index contributed by atoms with van der Waals surface area (Å²) in [6.45, 7) is 0. The maximum absolute atomic E-state index is 9.58. The van der Waals surface area contributed by atoms with Crippen LogP contribution in [-0.4, -0.2) is 28.3 Å². The summed E-state index contributed by atoms with van der Waals surface area (Å²) in [7, 11) is 0. The quantitative estimate of drug-likeness (QED) is 0.575. The van der Waals surface area contributed by atoms with Crippen LogP contribution < -0.4 is 0 Å². The highest BCUT2D eigenvalue weighted by atomic mass is 35.5. The first-order chi connectivity index (χ1) is 5.24. The number of hydrogen-bond acceptors (Lipinski definition) is 2. The van der Waals surface area contributed by atoms with E-state index in [4.69, 9.17) is 11.6 Å². The van der Waals surface area contributed by atoms with Crippen molar-refractivity contribution >= 4 is 11.6 Å². The molecule has 64 valence electrons. The van der Waals surface area contributed by atoms with Crippen LogP contribution in [0.1, 0.15) is 12.8 Å². The number of alkyl halides is 1. The summed E-state index contributed by atoms with van der Waals surface area (Å²) < 4.78 is 0. The fourth-order valence-corrected chi connectivity index (χ4v) is 2.96. The van der Waals surface area contributed by atoms with E-state index in [1.54, 1.807) is 0 Å². The maximum Gasteiger partial charge on any atom is 0.0625 e. The Kier molecular flexibility index (Phi) is 1.86. The highest BCUT2D eigenvalue weighted by Gasteiger charge is 2.51. The number of halogens is 1. The van der Waals surface area contributed by atoms with Crippen LogP contribution in [0.3, 0.4) is 0 Å². The summed E-state index contributed by atoms with van der Waals surface area (Å²) in [5.74, 6) is 1.46. The molecule has 2 rings (SSSR count). The minimum absolute atomic E-state index is 0.115. The van der Waals surface area contributed by atoms with E-state index >= 15 is 0 Å². The SMILES string of the molecule is OC1CC2C(CCl)CC1C2O. The Balaban J connectivity index is 2.11. The highest BCUT2D eigenvalue weighted by Crippen LogP contribution is 2.48. The molecule has 5 atom stereocenters. The van der Waals surface area contributed by atoms with Gasteiger partial charge >= 0.3 is 0 Å². The average Bonchev–Trinajstić information content (AvgIpc) is 2.43. The molecule has 0 aromatic carbocycles. The molecule has 2 aliphatic rings. The number of fused-ring (bicyclic) bond motifs is 2. The Labute approximate surface area is 71.2 Å². The van der Waals surface area contributed by atoms with E-state index in [0.717, 1.165) is 12.8 Å². The summed E-state index contributed by atoms with van der Waals surface area (Å²) in [6, 6.07) is 0. The van der Waals surface area contributed by atoms with E-state index < -0.39 is 0 Å². The molecule has 0 saturated heterocycles. The molecule has 2 nitrogen and oxygen atoms in total. The van der Waals surface area contributed by atoms with E-state index in [0.29, 0.717) is 11.8 Å². The molecule has 2 bridgehead atoms. The van der Waals surface area contributed by atoms with Crippen LogP contribution in [0.5, 0.6) is 0 Å².